The predicted molar refractivity (Wildman–Crippen MR) is 116 cm³/mol. The summed E-state index contributed by atoms with van der Waals surface area (Å²) in [5.74, 6) is 0.994. The van der Waals surface area contributed by atoms with E-state index in [0.717, 1.165) is 23.5 Å². The lowest BCUT2D eigenvalue weighted by molar-refractivity contribution is 0.0526. The van der Waals surface area contributed by atoms with Crippen LogP contribution in [0.3, 0.4) is 0 Å². The standard InChI is InChI=1S/C23H26N4O2/c1-4-29-23(28)18-15-25-21(17-10-6-5-7-11-17)27-22(18)26-20-13-9-8-12-19(20)24-14-16(2)3/h5-13,15-16,24H,4,14H2,1-3H3,(H,25,26,27). The van der Waals surface area contributed by atoms with Gasteiger partial charge >= 0.3 is 5.97 Å². The third-order valence-corrected chi connectivity index (χ3v) is 4.20. The minimum atomic E-state index is -0.456. The summed E-state index contributed by atoms with van der Waals surface area (Å²) >= 11 is 0. The highest BCUT2D eigenvalue weighted by Crippen LogP contribution is 2.28. The summed E-state index contributed by atoms with van der Waals surface area (Å²) < 4.78 is 5.19. The number of esters is 1. The molecule has 3 rings (SSSR count). The van der Waals surface area contributed by atoms with E-state index in [1.807, 2.05) is 54.6 Å². The quantitative estimate of drug-likeness (QED) is 0.519. The van der Waals surface area contributed by atoms with Crippen molar-refractivity contribution in [3.63, 3.8) is 0 Å². The first kappa shape index (κ1) is 20.3. The maximum atomic E-state index is 12.4. The van der Waals surface area contributed by atoms with Crippen molar-refractivity contribution in [1.29, 1.82) is 0 Å². The molecule has 1 heterocycles. The van der Waals surface area contributed by atoms with Crippen LogP contribution in [0.25, 0.3) is 11.4 Å². The number of benzene rings is 2. The first-order valence-corrected chi connectivity index (χ1v) is 9.78. The molecule has 29 heavy (non-hydrogen) atoms. The van der Waals surface area contributed by atoms with E-state index in [1.165, 1.54) is 6.20 Å². The zero-order valence-corrected chi connectivity index (χ0v) is 17.0. The number of hydrogen-bond donors (Lipinski definition) is 2. The molecule has 2 aromatic carbocycles. The van der Waals surface area contributed by atoms with Gasteiger partial charge in [0, 0.05) is 18.3 Å². The number of carbonyl (C=O) groups excluding carboxylic acids is 1. The molecule has 3 aromatic rings. The molecule has 0 saturated carbocycles. The Balaban J connectivity index is 1.99. The van der Waals surface area contributed by atoms with Crippen LogP contribution in [-0.2, 0) is 4.74 Å². The molecule has 0 spiro atoms. The van der Waals surface area contributed by atoms with Gasteiger partial charge in [-0.3, -0.25) is 0 Å². The van der Waals surface area contributed by atoms with Crippen LogP contribution in [0.1, 0.15) is 31.1 Å². The van der Waals surface area contributed by atoms with E-state index in [2.05, 4.69) is 34.4 Å². The van der Waals surface area contributed by atoms with Crippen LogP contribution < -0.4 is 10.6 Å². The lowest BCUT2D eigenvalue weighted by atomic mass is 10.2. The molecule has 0 atom stereocenters. The zero-order chi connectivity index (χ0) is 20.6. The van der Waals surface area contributed by atoms with E-state index in [9.17, 15) is 4.79 Å². The molecule has 0 saturated heterocycles. The van der Waals surface area contributed by atoms with E-state index in [4.69, 9.17) is 4.74 Å². The summed E-state index contributed by atoms with van der Waals surface area (Å²) in [6.45, 7) is 7.19. The molecule has 0 aliphatic rings. The third kappa shape index (κ3) is 5.31. The molecule has 150 valence electrons. The SMILES string of the molecule is CCOC(=O)c1cnc(-c2ccccc2)nc1Nc1ccccc1NCC(C)C. The van der Waals surface area contributed by atoms with E-state index in [0.29, 0.717) is 23.1 Å². The topological polar surface area (TPSA) is 76.1 Å². The summed E-state index contributed by atoms with van der Waals surface area (Å²) in [6.07, 6.45) is 1.51. The summed E-state index contributed by atoms with van der Waals surface area (Å²) in [7, 11) is 0. The molecule has 6 heteroatoms. The summed E-state index contributed by atoms with van der Waals surface area (Å²) in [4.78, 5) is 21.4. The monoisotopic (exact) mass is 390 g/mol. The summed E-state index contributed by atoms with van der Waals surface area (Å²) in [5.41, 5.74) is 2.94. The minimum Gasteiger partial charge on any atom is -0.462 e. The van der Waals surface area contributed by atoms with Gasteiger partial charge < -0.3 is 15.4 Å². The van der Waals surface area contributed by atoms with Crippen LogP contribution in [-0.4, -0.2) is 29.1 Å². The predicted octanol–water partition coefficient (Wildman–Crippen LogP) is 5.13. The van der Waals surface area contributed by atoms with Crippen LogP contribution >= 0.6 is 0 Å². The van der Waals surface area contributed by atoms with Crippen LogP contribution in [0.15, 0.2) is 60.8 Å². The number of rotatable bonds is 8. The second kappa shape index (κ2) is 9.68. The number of carbonyl (C=O) groups is 1. The van der Waals surface area contributed by atoms with Crippen molar-refractivity contribution in [3.05, 3.63) is 66.4 Å². The number of nitrogens with one attached hydrogen (secondary N) is 2. The van der Waals surface area contributed by atoms with Gasteiger partial charge in [0.25, 0.3) is 0 Å². The second-order valence-electron chi connectivity index (χ2n) is 6.99. The van der Waals surface area contributed by atoms with Crippen LogP contribution in [0.4, 0.5) is 17.2 Å². The van der Waals surface area contributed by atoms with Crippen molar-refractivity contribution in [1.82, 2.24) is 9.97 Å². The number of aromatic nitrogens is 2. The highest BCUT2D eigenvalue weighted by atomic mass is 16.5. The molecular weight excluding hydrogens is 364 g/mol. The number of nitrogens with zero attached hydrogens (tertiary/aromatic N) is 2. The molecular formula is C23H26N4O2. The van der Waals surface area contributed by atoms with Gasteiger partial charge in [-0.2, -0.15) is 0 Å². The van der Waals surface area contributed by atoms with Crippen LogP contribution in [0, 0.1) is 5.92 Å². The Bertz CT molecular complexity index is 958. The third-order valence-electron chi connectivity index (χ3n) is 4.20. The molecule has 0 radical (unpaired) electrons. The van der Waals surface area contributed by atoms with Gasteiger partial charge in [-0.1, -0.05) is 56.3 Å². The fourth-order valence-corrected chi connectivity index (χ4v) is 2.75. The molecule has 6 nitrogen and oxygen atoms in total. The molecule has 0 amide bonds. The largest absolute Gasteiger partial charge is 0.462 e. The average molecular weight is 390 g/mol. The zero-order valence-electron chi connectivity index (χ0n) is 17.0. The maximum absolute atomic E-state index is 12.4. The van der Waals surface area contributed by atoms with Crippen molar-refractivity contribution in [2.24, 2.45) is 5.92 Å². The van der Waals surface area contributed by atoms with Gasteiger partial charge in [0.2, 0.25) is 0 Å². The highest BCUT2D eigenvalue weighted by Gasteiger charge is 2.18. The summed E-state index contributed by atoms with van der Waals surface area (Å²) in [6, 6.07) is 17.5. The van der Waals surface area contributed by atoms with E-state index in [-0.39, 0.29) is 6.61 Å². The lowest BCUT2D eigenvalue weighted by Crippen LogP contribution is -2.13. The number of para-hydroxylation sites is 2. The Hall–Kier alpha value is -3.41. The molecule has 0 aliphatic carbocycles. The first-order valence-electron chi connectivity index (χ1n) is 9.78. The van der Waals surface area contributed by atoms with Crippen molar-refractivity contribution in [3.8, 4) is 11.4 Å². The van der Waals surface area contributed by atoms with E-state index >= 15 is 0 Å². The number of hydrogen-bond acceptors (Lipinski definition) is 6. The molecule has 0 unspecified atom stereocenters. The van der Waals surface area contributed by atoms with E-state index < -0.39 is 5.97 Å². The molecule has 1 aromatic heterocycles. The molecule has 0 bridgehead atoms. The fraction of sp³-hybridized carbons (Fsp3) is 0.261. The van der Waals surface area contributed by atoms with Crippen LogP contribution in [0.2, 0.25) is 0 Å². The summed E-state index contributed by atoms with van der Waals surface area (Å²) in [5, 5.41) is 6.73. The second-order valence-corrected chi connectivity index (χ2v) is 6.99. The van der Waals surface area contributed by atoms with Gasteiger partial charge in [-0.15, -0.1) is 0 Å². The Morgan fingerprint density at radius 3 is 2.41 bits per heavy atom. The fourth-order valence-electron chi connectivity index (χ4n) is 2.75. The van der Waals surface area contributed by atoms with E-state index in [1.54, 1.807) is 6.92 Å². The minimum absolute atomic E-state index is 0.283. The molecule has 0 fully saturated rings. The normalized spacial score (nSPS) is 10.6. The van der Waals surface area contributed by atoms with Gasteiger partial charge in [-0.05, 0) is 25.0 Å². The van der Waals surface area contributed by atoms with Gasteiger partial charge in [0.15, 0.2) is 5.82 Å². The Kier molecular flexibility index (Phi) is 6.79. The first-order chi connectivity index (χ1) is 14.1. The van der Waals surface area contributed by atoms with Crippen molar-refractivity contribution in [2.45, 2.75) is 20.8 Å². The molecule has 0 aliphatic heterocycles. The Morgan fingerprint density at radius 1 is 1.03 bits per heavy atom. The van der Waals surface area contributed by atoms with Crippen molar-refractivity contribution < 1.29 is 9.53 Å². The van der Waals surface area contributed by atoms with Gasteiger partial charge in [-0.25, -0.2) is 14.8 Å². The van der Waals surface area contributed by atoms with Gasteiger partial charge in [0.1, 0.15) is 11.4 Å². The number of anilines is 3. The Labute approximate surface area is 171 Å². The average Bonchev–Trinajstić information content (AvgIpc) is 2.74. The van der Waals surface area contributed by atoms with Crippen LogP contribution in [0.5, 0.6) is 0 Å². The smallest absolute Gasteiger partial charge is 0.343 e. The van der Waals surface area contributed by atoms with Crippen molar-refractivity contribution in [2.75, 3.05) is 23.8 Å². The molecule has 2 N–H and O–H groups in total. The maximum Gasteiger partial charge on any atom is 0.343 e. The van der Waals surface area contributed by atoms with Gasteiger partial charge in [0.05, 0.1) is 18.0 Å². The number of ether oxygens (including phenoxy) is 1. The lowest BCUT2D eigenvalue weighted by Gasteiger charge is -2.16. The Morgan fingerprint density at radius 2 is 1.72 bits per heavy atom. The highest BCUT2D eigenvalue weighted by molar-refractivity contribution is 5.96. The van der Waals surface area contributed by atoms with Crippen molar-refractivity contribution >= 4 is 23.2 Å².